The first-order valence-electron chi connectivity index (χ1n) is 5.54. The monoisotopic (exact) mass is 220 g/mol. The van der Waals surface area contributed by atoms with Crippen LogP contribution < -0.4 is 10.8 Å². The van der Waals surface area contributed by atoms with Crippen LogP contribution in [-0.2, 0) is 4.84 Å². The third-order valence-corrected chi connectivity index (χ3v) is 2.68. The number of nitrogens with one attached hydrogen (secondary N) is 2. The number of hydrogen-bond donors (Lipinski definition) is 2. The molecule has 1 atom stereocenters. The first kappa shape index (κ1) is 11.1. The van der Waals surface area contributed by atoms with Crippen LogP contribution in [0.1, 0.15) is 16.8 Å². The fraction of sp³-hybridized carbons (Fsp3) is 0.417. The molecule has 4 heteroatoms. The van der Waals surface area contributed by atoms with Crippen LogP contribution in [0.15, 0.2) is 30.3 Å². The van der Waals surface area contributed by atoms with E-state index in [1.165, 1.54) is 0 Å². The van der Waals surface area contributed by atoms with Crippen LogP contribution in [0.25, 0.3) is 0 Å². The lowest BCUT2D eigenvalue weighted by atomic mass is 10.1. The van der Waals surface area contributed by atoms with E-state index in [1.54, 1.807) is 12.1 Å². The fourth-order valence-electron chi connectivity index (χ4n) is 1.73. The van der Waals surface area contributed by atoms with Crippen LogP contribution >= 0.6 is 0 Å². The van der Waals surface area contributed by atoms with Gasteiger partial charge in [0.1, 0.15) is 0 Å². The first-order valence-corrected chi connectivity index (χ1v) is 5.54. The lowest BCUT2D eigenvalue weighted by molar-refractivity contribution is 0.0188. The van der Waals surface area contributed by atoms with Gasteiger partial charge in [0.05, 0.1) is 6.61 Å². The number of hydrogen-bond acceptors (Lipinski definition) is 3. The number of carbonyl (C=O) groups excluding carboxylic acids is 1. The molecule has 86 valence electrons. The summed E-state index contributed by atoms with van der Waals surface area (Å²) in [5.74, 6) is 0.322. The molecule has 0 radical (unpaired) electrons. The van der Waals surface area contributed by atoms with Gasteiger partial charge < -0.3 is 5.32 Å². The van der Waals surface area contributed by atoms with Crippen molar-refractivity contribution in [3.05, 3.63) is 35.9 Å². The standard InChI is InChI=1S/C12H16N2O2/c15-12(11-4-2-1-3-5-11)14-16-9-10-6-7-13-8-10/h1-5,10,13H,6-9H2,(H,14,15). The van der Waals surface area contributed by atoms with E-state index < -0.39 is 0 Å². The van der Waals surface area contributed by atoms with E-state index in [1.807, 2.05) is 18.2 Å². The molecule has 1 saturated heterocycles. The Kier molecular flexibility index (Phi) is 3.91. The highest BCUT2D eigenvalue weighted by atomic mass is 16.6. The third-order valence-electron chi connectivity index (χ3n) is 2.68. The van der Waals surface area contributed by atoms with Crippen molar-refractivity contribution in [3.8, 4) is 0 Å². The summed E-state index contributed by atoms with van der Waals surface area (Å²) in [4.78, 5) is 16.8. The second-order valence-electron chi connectivity index (χ2n) is 3.97. The summed E-state index contributed by atoms with van der Waals surface area (Å²) in [6.45, 7) is 2.59. The van der Waals surface area contributed by atoms with Gasteiger partial charge in [-0.05, 0) is 31.0 Å². The zero-order chi connectivity index (χ0) is 11.2. The van der Waals surface area contributed by atoms with Crippen molar-refractivity contribution >= 4 is 5.91 Å². The SMILES string of the molecule is O=C(NOCC1CCNC1)c1ccccc1. The Hall–Kier alpha value is -1.39. The lowest BCUT2D eigenvalue weighted by Gasteiger charge is -2.09. The van der Waals surface area contributed by atoms with Gasteiger partial charge >= 0.3 is 0 Å². The minimum Gasteiger partial charge on any atom is -0.316 e. The summed E-state index contributed by atoms with van der Waals surface area (Å²) in [5, 5.41) is 3.25. The van der Waals surface area contributed by atoms with Crippen molar-refractivity contribution in [2.75, 3.05) is 19.7 Å². The van der Waals surface area contributed by atoms with Crippen molar-refractivity contribution in [1.29, 1.82) is 0 Å². The number of benzene rings is 1. The quantitative estimate of drug-likeness (QED) is 0.743. The minimum absolute atomic E-state index is 0.188. The summed E-state index contributed by atoms with van der Waals surface area (Å²) >= 11 is 0. The van der Waals surface area contributed by atoms with Crippen molar-refractivity contribution in [2.24, 2.45) is 5.92 Å². The van der Waals surface area contributed by atoms with Crippen LogP contribution in [0.4, 0.5) is 0 Å². The van der Waals surface area contributed by atoms with E-state index in [4.69, 9.17) is 4.84 Å². The molecular formula is C12H16N2O2. The Balaban J connectivity index is 1.71. The first-order chi connectivity index (χ1) is 7.86. The van der Waals surface area contributed by atoms with E-state index >= 15 is 0 Å². The highest BCUT2D eigenvalue weighted by Gasteiger charge is 2.15. The Bertz CT molecular complexity index is 334. The zero-order valence-corrected chi connectivity index (χ0v) is 9.11. The van der Waals surface area contributed by atoms with Crippen LogP contribution in [0, 0.1) is 5.92 Å². The molecule has 0 saturated carbocycles. The molecule has 2 rings (SSSR count). The van der Waals surface area contributed by atoms with Gasteiger partial charge in [-0.1, -0.05) is 18.2 Å². The van der Waals surface area contributed by atoms with Gasteiger partial charge in [0, 0.05) is 12.1 Å². The molecule has 0 aliphatic carbocycles. The second-order valence-corrected chi connectivity index (χ2v) is 3.97. The molecule has 1 aliphatic rings. The molecule has 2 N–H and O–H groups in total. The molecule has 1 aromatic carbocycles. The Morgan fingerprint density at radius 1 is 1.44 bits per heavy atom. The van der Waals surface area contributed by atoms with E-state index in [2.05, 4.69) is 10.8 Å². The Morgan fingerprint density at radius 3 is 2.94 bits per heavy atom. The highest BCUT2D eigenvalue weighted by Crippen LogP contribution is 2.06. The van der Waals surface area contributed by atoms with Gasteiger partial charge in [-0.25, -0.2) is 5.48 Å². The average molecular weight is 220 g/mol. The molecule has 1 amide bonds. The molecule has 0 spiro atoms. The summed E-state index contributed by atoms with van der Waals surface area (Å²) in [5.41, 5.74) is 3.08. The van der Waals surface area contributed by atoms with Crippen LogP contribution in [-0.4, -0.2) is 25.6 Å². The van der Waals surface area contributed by atoms with Gasteiger partial charge in [-0.3, -0.25) is 9.63 Å². The average Bonchev–Trinajstić information content (AvgIpc) is 2.83. The van der Waals surface area contributed by atoms with E-state index in [0.29, 0.717) is 18.1 Å². The van der Waals surface area contributed by atoms with Crippen LogP contribution in [0.2, 0.25) is 0 Å². The largest absolute Gasteiger partial charge is 0.316 e. The van der Waals surface area contributed by atoms with Crippen molar-refractivity contribution < 1.29 is 9.63 Å². The molecule has 1 fully saturated rings. The summed E-state index contributed by atoms with van der Waals surface area (Å²) in [6, 6.07) is 9.05. The number of amides is 1. The Morgan fingerprint density at radius 2 is 2.25 bits per heavy atom. The molecule has 16 heavy (non-hydrogen) atoms. The highest BCUT2D eigenvalue weighted by molar-refractivity contribution is 5.93. The van der Waals surface area contributed by atoms with Crippen LogP contribution in [0.5, 0.6) is 0 Å². The smallest absolute Gasteiger partial charge is 0.274 e. The van der Waals surface area contributed by atoms with Crippen molar-refractivity contribution in [1.82, 2.24) is 10.8 Å². The van der Waals surface area contributed by atoms with Gasteiger partial charge in [0.15, 0.2) is 0 Å². The second kappa shape index (κ2) is 5.63. The minimum atomic E-state index is -0.188. The number of rotatable bonds is 4. The molecule has 4 nitrogen and oxygen atoms in total. The topological polar surface area (TPSA) is 50.4 Å². The van der Waals surface area contributed by atoms with Crippen molar-refractivity contribution in [2.45, 2.75) is 6.42 Å². The number of hydroxylamine groups is 1. The van der Waals surface area contributed by atoms with Crippen LogP contribution in [0.3, 0.4) is 0 Å². The van der Waals surface area contributed by atoms with Gasteiger partial charge in [0.25, 0.3) is 5.91 Å². The predicted molar refractivity (Wildman–Crippen MR) is 60.8 cm³/mol. The molecule has 1 aliphatic heterocycles. The third kappa shape index (κ3) is 3.05. The molecule has 1 unspecified atom stereocenters. The normalized spacial score (nSPS) is 19.6. The Labute approximate surface area is 94.9 Å². The molecule has 1 aromatic rings. The summed E-state index contributed by atoms with van der Waals surface area (Å²) in [6.07, 6.45) is 1.11. The maximum Gasteiger partial charge on any atom is 0.274 e. The lowest BCUT2D eigenvalue weighted by Crippen LogP contribution is -2.27. The summed E-state index contributed by atoms with van der Waals surface area (Å²) in [7, 11) is 0. The molecule has 1 heterocycles. The van der Waals surface area contributed by atoms with E-state index in [-0.39, 0.29) is 5.91 Å². The maximum absolute atomic E-state index is 11.6. The van der Waals surface area contributed by atoms with Gasteiger partial charge in [-0.2, -0.15) is 0 Å². The fourth-order valence-corrected chi connectivity index (χ4v) is 1.73. The van der Waals surface area contributed by atoms with E-state index in [9.17, 15) is 4.79 Å². The maximum atomic E-state index is 11.6. The molecular weight excluding hydrogens is 204 g/mol. The predicted octanol–water partition coefficient (Wildman–Crippen LogP) is 0.957. The van der Waals surface area contributed by atoms with E-state index in [0.717, 1.165) is 19.5 Å². The van der Waals surface area contributed by atoms with Gasteiger partial charge in [-0.15, -0.1) is 0 Å². The molecule has 0 bridgehead atoms. The zero-order valence-electron chi connectivity index (χ0n) is 9.11. The molecule has 0 aromatic heterocycles. The van der Waals surface area contributed by atoms with Crippen molar-refractivity contribution in [3.63, 3.8) is 0 Å². The van der Waals surface area contributed by atoms with Gasteiger partial charge in [0.2, 0.25) is 0 Å². The number of carbonyl (C=O) groups is 1. The summed E-state index contributed by atoms with van der Waals surface area (Å²) < 4.78 is 0.